The number of methoxy groups -OCH3 is 1. The summed E-state index contributed by atoms with van der Waals surface area (Å²) in [4.78, 5) is 11.6. The second-order valence-corrected chi connectivity index (χ2v) is 3.86. The summed E-state index contributed by atoms with van der Waals surface area (Å²) in [5.74, 6) is 0.360. The van der Waals surface area contributed by atoms with E-state index in [0.717, 1.165) is 19.4 Å². The van der Waals surface area contributed by atoms with Crippen molar-refractivity contribution in [2.75, 3.05) is 26.8 Å². The van der Waals surface area contributed by atoms with Gasteiger partial charge in [0.2, 0.25) is 5.91 Å². The molecule has 0 saturated carbocycles. The first-order chi connectivity index (χ1) is 6.74. The molecule has 0 aromatic heterocycles. The Hall–Kier alpha value is -0.610. The van der Waals surface area contributed by atoms with Gasteiger partial charge in [0.25, 0.3) is 0 Å². The summed E-state index contributed by atoms with van der Waals surface area (Å²) in [5.41, 5.74) is 0. The Morgan fingerprint density at radius 1 is 1.64 bits per heavy atom. The van der Waals surface area contributed by atoms with Crippen molar-refractivity contribution in [3.63, 3.8) is 0 Å². The Labute approximate surface area is 85.4 Å². The zero-order valence-corrected chi connectivity index (χ0v) is 9.01. The number of nitrogens with one attached hydrogen (secondary N) is 2. The van der Waals surface area contributed by atoms with Gasteiger partial charge in [-0.2, -0.15) is 0 Å². The number of carbonyl (C=O) groups is 1. The summed E-state index contributed by atoms with van der Waals surface area (Å²) in [6, 6.07) is 0.460. The molecule has 0 aromatic carbocycles. The predicted octanol–water partition coefficient (Wildman–Crippen LogP) is 0.137. The number of rotatable bonds is 4. The maximum atomic E-state index is 11.6. The van der Waals surface area contributed by atoms with Crippen LogP contribution in [0, 0.1) is 5.92 Å². The Morgan fingerprint density at radius 2 is 2.43 bits per heavy atom. The molecule has 0 aromatic rings. The number of amides is 1. The minimum absolute atomic E-state index is 0.176. The number of ether oxygens (including phenoxy) is 1. The Kier molecular flexibility index (Phi) is 4.90. The smallest absolute Gasteiger partial charge is 0.223 e. The second-order valence-electron chi connectivity index (χ2n) is 3.86. The highest BCUT2D eigenvalue weighted by Crippen LogP contribution is 2.15. The molecular formula is C10H20N2O2. The Bertz CT molecular complexity index is 185. The van der Waals surface area contributed by atoms with E-state index in [1.165, 1.54) is 0 Å². The highest BCUT2D eigenvalue weighted by molar-refractivity contribution is 5.78. The quantitative estimate of drug-likeness (QED) is 0.635. The lowest BCUT2D eigenvalue weighted by Crippen LogP contribution is -2.43. The molecule has 1 aliphatic rings. The van der Waals surface area contributed by atoms with Crippen LogP contribution >= 0.6 is 0 Å². The van der Waals surface area contributed by atoms with Crippen LogP contribution in [0.5, 0.6) is 0 Å². The average molecular weight is 200 g/mol. The third-order valence-electron chi connectivity index (χ3n) is 2.60. The molecule has 1 fully saturated rings. The molecule has 2 N–H and O–H groups in total. The molecule has 0 bridgehead atoms. The first-order valence-electron chi connectivity index (χ1n) is 5.24. The summed E-state index contributed by atoms with van der Waals surface area (Å²) in [6.45, 7) is 4.28. The molecule has 14 heavy (non-hydrogen) atoms. The summed E-state index contributed by atoms with van der Waals surface area (Å²) in [7, 11) is 1.64. The second kappa shape index (κ2) is 5.98. The maximum absolute atomic E-state index is 11.6. The van der Waals surface area contributed by atoms with Gasteiger partial charge < -0.3 is 15.4 Å². The van der Waals surface area contributed by atoms with E-state index in [4.69, 9.17) is 4.74 Å². The lowest BCUT2D eigenvalue weighted by atomic mass is 9.92. The van der Waals surface area contributed by atoms with Crippen molar-refractivity contribution >= 4 is 5.91 Å². The number of carbonyl (C=O) groups excluding carboxylic acids is 1. The lowest BCUT2D eigenvalue weighted by Gasteiger charge is -2.27. The van der Waals surface area contributed by atoms with Gasteiger partial charge in [0.05, 0.1) is 6.61 Å². The fourth-order valence-corrected chi connectivity index (χ4v) is 1.79. The fraction of sp³-hybridized carbons (Fsp3) is 0.900. The largest absolute Gasteiger partial charge is 0.383 e. The minimum atomic E-state index is 0.176. The minimum Gasteiger partial charge on any atom is -0.383 e. The Morgan fingerprint density at radius 3 is 3.07 bits per heavy atom. The lowest BCUT2D eigenvalue weighted by molar-refractivity contribution is -0.126. The molecule has 0 aliphatic carbocycles. The van der Waals surface area contributed by atoms with Crippen molar-refractivity contribution in [3.8, 4) is 0 Å². The van der Waals surface area contributed by atoms with Gasteiger partial charge in [-0.1, -0.05) is 0 Å². The summed E-state index contributed by atoms with van der Waals surface area (Å²) < 4.78 is 4.87. The van der Waals surface area contributed by atoms with E-state index in [9.17, 15) is 4.79 Å². The molecule has 1 heterocycles. The van der Waals surface area contributed by atoms with Crippen LogP contribution in [0.25, 0.3) is 0 Å². The van der Waals surface area contributed by atoms with Gasteiger partial charge in [-0.25, -0.2) is 0 Å². The normalized spacial score (nSPS) is 27.3. The van der Waals surface area contributed by atoms with Crippen LogP contribution in [0.3, 0.4) is 0 Å². The zero-order valence-electron chi connectivity index (χ0n) is 9.01. The number of hydrogen-bond donors (Lipinski definition) is 2. The molecule has 0 radical (unpaired) electrons. The van der Waals surface area contributed by atoms with E-state index in [1.807, 2.05) is 0 Å². The first kappa shape index (κ1) is 11.5. The third-order valence-corrected chi connectivity index (χ3v) is 2.60. The molecule has 82 valence electrons. The standard InChI is InChI=1S/C10H20N2O2/c1-8-7-9(3-4-11-8)10(13)12-5-6-14-2/h8-9,11H,3-7H2,1-2H3,(H,12,13)/t8-,9-/m0/s1. The van der Waals surface area contributed by atoms with Crippen molar-refractivity contribution in [2.24, 2.45) is 5.92 Å². The molecule has 1 rings (SSSR count). The average Bonchev–Trinajstić information content (AvgIpc) is 2.18. The van der Waals surface area contributed by atoms with Crippen molar-refractivity contribution in [1.82, 2.24) is 10.6 Å². The molecule has 4 heteroatoms. The number of hydrogen-bond acceptors (Lipinski definition) is 3. The molecule has 1 amide bonds. The molecule has 0 unspecified atom stereocenters. The van der Waals surface area contributed by atoms with Gasteiger partial charge in [-0.3, -0.25) is 4.79 Å². The highest BCUT2D eigenvalue weighted by atomic mass is 16.5. The van der Waals surface area contributed by atoms with Gasteiger partial charge in [0.15, 0.2) is 0 Å². The SMILES string of the molecule is COCCNC(=O)[C@H]1CCN[C@@H](C)C1. The molecule has 1 saturated heterocycles. The Balaban J connectivity index is 2.22. The highest BCUT2D eigenvalue weighted by Gasteiger charge is 2.23. The summed E-state index contributed by atoms with van der Waals surface area (Å²) in [6.07, 6.45) is 1.89. The van der Waals surface area contributed by atoms with Crippen molar-refractivity contribution in [2.45, 2.75) is 25.8 Å². The molecule has 0 spiro atoms. The zero-order chi connectivity index (χ0) is 10.4. The van der Waals surface area contributed by atoms with Crippen molar-refractivity contribution in [1.29, 1.82) is 0 Å². The van der Waals surface area contributed by atoms with Crippen LogP contribution in [0.2, 0.25) is 0 Å². The summed E-state index contributed by atoms with van der Waals surface area (Å²) >= 11 is 0. The predicted molar refractivity (Wildman–Crippen MR) is 55.1 cm³/mol. The first-order valence-corrected chi connectivity index (χ1v) is 5.24. The molecule has 1 aliphatic heterocycles. The maximum Gasteiger partial charge on any atom is 0.223 e. The molecule has 4 nitrogen and oxygen atoms in total. The van der Waals surface area contributed by atoms with Gasteiger partial charge in [0.1, 0.15) is 0 Å². The monoisotopic (exact) mass is 200 g/mol. The van der Waals surface area contributed by atoms with E-state index in [2.05, 4.69) is 17.6 Å². The van der Waals surface area contributed by atoms with Crippen LogP contribution in [-0.2, 0) is 9.53 Å². The van der Waals surface area contributed by atoms with Gasteiger partial charge in [0, 0.05) is 25.6 Å². The van der Waals surface area contributed by atoms with E-state index in [1.54, 1.807) is 7.11 Å². The van der Waals surface area contributed by atoms with Crippen LogP contribution < -0.4 is 10.6 Å². The van der Waals surface area contributed by atoms with Crippen LogP contribution in [0.4, 0.5) is 0 Å². The topological polar surface area (TPSA) is 50.4 Å². The molecule has 2 atom stereocenters. The van der Waals surface area contributed by atoms with Crippen LogP contribution in [-0.4, -0.2) is 38.8 Å². The van der Waals surface area contributed by atoms with Gasteiger partial charge >= 0.3 is 0 Å². The van der Waals surface area contributed by atoms with E-state index in [0.29, 0.717) is 19.2 Å². The van der Waals surface area contributed by atoms with Gasteiger partial charge in [-0.05, 0) is 26.3 Å². The fourth-order valence-electron chi connectivity index (χ4n) is 1.79. The van der Waals surface area contributed by atoms with Gasteiger partial charge in [-0.15, -0.1) is 0 Å². The third kappa shape index (κ3) is 3.64. The van der Waals surface area contributed by atoms with Crippen molar-refractivity contribution < 1.29 is 9.53 Å². The van der Waals surface area contributed by atoms with E-state index in [-0.39, 0.29) is 11.8 Å². The van der Waals surface area contributed by atoms with E-state index < -0.39 is 0 Å². The van der Waals surface area contributed by atoms with Crippen LogP contribution in [0.1, 0.15) is 19.8 Å². The molecular weight excluding hydrogens is 180 g/mol. The summed E-state index contributed by atoms with van der Waals surface area (Å²) in [5, 5.41) is 6.21. The van der Waals surface area contributed by atoms with Crippen molar-refractivity contribution in [3.05, 3.63) is 0 Å². The number of piperidine rings is 1. The van der Waals surface area contributed by atoms with E-state index >= 15 is 0 Å². The van der Waals surface area contributed by atoms with Crippen LogP contribution in [0.15, 0.2) is 0 Å².